The number of rotatable bonds is 11. The fourth-order valence-corrected chi connectivity index (χ4v) is 4.54. The zero-order valence-electron chi connectivity index (χ0n) is 23.4. The molecule has 0 aromatic heterocycles. The highest BCUT2D eigenvalue weighted by Crippen LogP contribution is 2.40. The number of ether oxygens (including phenoxy) is 2. The molecule has 10 heteroatoms. The van der Waals surface area contributed by atoms with Crippen molar-refractivity contribution >= 4 is 29.5 Å². The zero-order valence-corrected chi connectivity index (χ0v) is 24.2. The molecule has 4 rings (SSSR count). The Labute approximate surface area is 260 Å². The minimum atomic E-state index is -2.60. The van der Waals surface area contributed by atoms with E-state index in [4.69, 9.17) is 11.6 Å². The number of benzene rings is 4. The molecule has 230 valence electrons. The maximum atomic E-state index is 13.3. The highest BCUT2D eigenvalue weighted by molar-refractivity contribution is 6.30. The Morgan fingerprint density at radius 2 is 0.911 bits per heavy atom. The smallest absolute Gasteiger partial charge is 0.344 e. The van der Waals surface area contributed by atoms with Gasteiger partial charge in [-0.3, -0.25) is 4.79 Å². The van der Waals surface area contributed by atoms with Crippen molar-refractivity contribution in [2.75, 3.05) is 0 Å². The highest BCUT2D eigenvalue weighted by atomic mass is 35.5. The van der Waals surface area contributed by atoms with Crippen molar-refractivity contribution in [1.82, 2.24) is 0 Å². The van der Waals surface area contributed by atoms with Gasteiger partial charge in [0.05, 0.1) is 0 Å². The number of halogens is 7. The van der Waals surface area contributed by atoms with Gasteiger partial charge in [-0.25, -0.2) is 0 Å². The van der Waals surface area contributed by atoms with Gasteiger partial charge in [0.25, 0.3) is 0 Å². The minimum absolute atomic E-state index is 0.166. The zero-order chi connectivity index (χ0) is 32.6. The molecule has 4 aromatic rings. The molecule has 0 fully saturated rings. The van der Waals surface area contributed by atoms with Crippen molar-refractivity contribution in [3.05, 3.63) is 166 Å². The van der Waals surface area contributed by atoms with Crippen LogP contribution in [0.3, 0.4) is 0 Å². The standard InChI is InChI=1S/C35H23ClF6O3/c1-35(25-10-18-29(19-11-25)44-33(41)31(37)38,26-12-20-30(21-13-26)45-34(42)32(39)40)24-8-2-22(3-9-24)6-16-28(43)17-7-23-4-14-27(36)15-5-23/h2-21H,1H3. The van der Waals surface area contributed by atoms with E-state index in [1.165, 1.54) is 36.4 Å². The summed E-state index contributed by atoms with van der Waals surface area (Å²) < 4.78 is 85.7. The van der Waals surface area contributed by atoms with Gasteiger partial charge in [-0.2, -0.15) is 26.3 Å². The van der Waals surface area contributed by atoms with Crippen LogP contribution in [0.15, 0.2) is 133 Å². The molecular formula is C35H23ClF6O3. The molecule has 0 bridgehead atoms. The van der Waals surface area contributed by atoms with Crippen molar-refractivity contribution in [3.8, 4) is 11.5 Å². The Hall–Kier alpha value is -5.02. The average Bonchev–Trinajstić information content (AvgIpc) is 3.04. The van der Waals surface area contributed by atoms with E-state index in [0.29, 0.717) is 21.7 Å². The SMILES string of the molecule is CC(c1ccc(C=CC(=O)C=Cc2ccc(Cl)cc2)cc1)(c1ccc(OC(F)=C(F)F)cc1)c1ccc(OC(F)=C(F)F)cc1. The number of hydrogen-bond donors (Lipinski definition) is 0. The number of carbonyl (C=O) groups excluding carboxylic acids is 1. The summed E-state index contributed by atoms with van der Waals surface area (Å²) in [4.78, 5) is 12.4. The van der Waals surface area contributed by atoms with Crippen LogP contribution in [-0.4, -0.2) is 5.78 Å². The third-order valence-electron chi connectivity index (χ3n) is 6.81. The van der Waals surface area contributed by atoms with E-state index in [1.54, 1.807) is 72.8 Å². The molecular weight excluding hydrogens is 618 g/mol. The highest BCUT2D eigenvalue weighted by Gasteiger charge is 2.31. The predicted octanol–water partition coefficient (Wildman–Crippen LogP) is 10.8. The van der Waals surface area contributed by atoms with Crippen molar-refractivity contribution in [1.29, 1.82) is 0 Å². The molecule has 4 aromatic carbocycles. The Morgan fingerprint density at radius 3 is 1.27 bits per heavy atom. The lowest BCUT2D eigenvalue weighted by molar-refractivity contribution is -0.110. The second kappa shape index (κ2) is 14.6. The molecule has 0 N–H and O–H groups in total. The summed E-state index contributed by atoms with van der Waals surface area (Å²) in [5, 5.41) is 0.589. The van der Waals surface area contributed by atoms with Crippen molar-refractivity contribution in [2.45, 2.75) is 12.3 Å². The monoisotopic (exact) mass is 640 g/mol. The van der Waals surface area contributed by atoms with Gasteiger partial charge < -0.3 is 9.47 Å². The maximum absolute atomic E-state index is 13.3. The van der Waals surface area contributed by atoms with Crippen LogP contribution >= 0.6 is 11.6 Å². The summed E-state index contributed by atoms with van der Waals surface area (Å²) in [6.07, 6.45) is 0.962. The van der Waals surface area contributed by atoms with Crippen LogP contribution < -0.4 is 9.47 Å². The van der Waals surface area contributed by atoms with Crippen LogP contribution in [0.25, 0.3) is 12.2 Å². The van der Waals surface area contributed by atoms with E-state index in [9.17, 15) is 31.1 Å². The molecule has 0 saturated carbocycles. The fourth-order valence-electron chi connectivity index (χ4n) is 4.41. The molecule has 0 amide bonds. The summed E-state index contributed by atoms with van der Waals surface area (Å²) in [6.45, 7) is 1.85. The van der Waals surface area contributed by atoms with E-state index >= 15 is 0 Å². The van der Waals surface area contributed by atoms with Crippen LogP contribution in [0.5, 0.6) is 11.5 Å². The van der Waals surface area contributed by atoms with Gasteiger partial charge >= 0.3 is 24.2 Å². The molecule has 0 saturated heterocycles. The molecule has 0 unspecified atom stereocenters. The van der Waals surface area contributed by atoms with Crippen LogP contribution in [0, 0.1) is 0 Å². The molecule has 45 heavy (non-hydrogen) atoms. The quantitative estimate of drug-likeness (QED) is 0.0708. The second-order valence-corrected chi connectivity index (χ2v) is 10.1. The number of carbonyl (C=O) groups is 1. The molecule has 0 heterocycles. The van der Waals surface area contributed by atoms with Crippen LogP contribution in [0.4, 0.5) is 26.3 Å². The first-order chi connectivity index (χ1) is 21.4. The van der Waals surface area contributed by atoms with E-state index < -0.39 is 29.6 Å². The van der Waals surface area contributed by atoms with E-state index in [1.807, 2.05) is 19.1 Å². The Balaban J connectivity index is 1.63. The molecule has 0 aliphatic heterocycles. The van der Waals surface area contributed by atoms with E-state index in [2.05, 4.69) is 9.47 Å². The number of hydrogen-bond acceptors (Lipinski definition) is 3. The summed E-state index contributed by atoms with van der Waals surface area (Å²) in [5.74, 6) is -0.567. The minimum Gasteiger partial charge on any atom is -0.428 e. The predicted molar refractivity (Wildman–Crippen MR) is 161 cm³/mol. The van der Waals surface area contributed by atoms with Crippen LogP contribution in [0.1, 0.15) is 34.7 Å². The van der Waals surface area contributed by atoms with Gasteiger partial charge in [0, 0.05) is 10.4 Å². The van der Waals surface area contributed by atoms with Crippen molar-refractivity contribution < 1.29 is 40.6 Å². The van der Waals surface area contributed by atoms with Gasteiger partial charge in [-0.05, 0) is 83.3 Å². The lowest BCUT2D eigenvalue weighted by atomic mass is 9.71. The Bertz CT molecular complexity index is 1680. The third-order valence-corrected chi connectivity index (χ3v) is 7.07. The normalized spacial score (nSPS) is 11.5. The first-order valence-electron chi connectivity index (χ1n) is 13.2. The number of allylic oxidation sites excluding steroid dienone is 2. The van der Waals surface area contributed by atoms with E-state index in [0.717, 1.165) is 11.1 Å². The first kappa shape index (κ1) is 32.9. The largest absolute Gasteiger partial charge is 0.428 e. The van der Waals surface area contributed by atoms with Gasteiger partial charge in [-0.1, -0.05) is 84.4 Å². The molecule has 0 atom stereocenters. The average molecular weight is 641 g/mol. The second-order valence-electron chi connectivity index (χ2n) is 9.69. The summed E-state index contributed by atoms with van der Waals surface area (Å²) in [7, 11) is 0. The molecule has 0 radical (unpaired) electrons. The van der Waals surface area contributed by atoms with Gasteiger partial charge in [0.15, 0.2) is 5.78 Å². The fraction of sp³-hybridized carbons (Fsp3) is 0.0571. The Kier molecular flexibility index (Phi) is 10.7. The Morgan fingerprint density at radius 1 is 0.578 bits per heavy atom. The lowest BCUT2D eigenvalue weighted by Gasteiger charge is -2.32. The summed E-state index contributed by atoms with van der Waals surface area (Å²) in [6, 6.07) is 21.7. The third kappa shape index (κ3) is 8.55. The lowest BCUT2D eigenvalue weighted by Crippen LogP contribution is -2.25. The molecule has 3 nitrogen and oxygen atoms in total. The van der Waals surface area contributed by atoms with E-state index in [-0.39, 0.29) is 17.3 Å². The molecule has 0 spiro atoms. The molecule has 0 aliphatic rings. The number of ketones is 1. The van der Waals surface area contributed by atoms with Crippen molar-refractivity contribution in [2.24, 2.45) is 0 Å². The van der Waals surface area contributed by atoms with Crippen LogP contribution in [-0.2, 0) is 10.2 Å². The maximum Gasteiger partial charge on any atom is 0.344 e. The summed E-state index contributed by atoms with van der Waals surface area (Å²) >= 11 is 5.88. The van der Waals surface area contributed by atoms with Gasteiger partial charge in [-0.15, -0.1) is 0 Å². The van der Waals surface area contributed by atoms with Crippen LogP contribution in [0.2, 0.25) is 5.02 Å². The first-order valence-corrected chi connectivity index (χ1v) is 13.6. The summed E-state index contributed by atoms with van der Waals surface area (Å²) in [5.41, 5.74) is 2.57. The van der Waals surface area contributed by atoms with Gasteiger partial charge in [0.2, 0.25) is 0 Å². The van der Waals surface area contributed by atoms with Gasteiger partial charge in [0.1, 0.15) is 11.5 Å². The molecule has 0 aliphatic carbocycles. The van der Waals surface area contributed by atoms with Crippen molar-refractivity contribution in [3.63, 3.8) is 0 Å². The topological polar surface area (TPSA) is 35.5 Å².